The Hall–Kier alpha value is -1.20. The van der Waals surface area contributed by atoms with Crippen LogP contribution in [0.3, 0.4) is 0 Å². The van der Waals surface area contributed by atoms with Gasteiger partial charge in [0, 0.05) is 4.47 Å². The molecule has 1 aromatic heterocycles. The Morgan fingerprint density at radius 1 is 1.37 bits per heavy atom. The summed E-state index contributed by atoms with van der Waals surface area (Å²) >= 11 is 3.55. The number of aromatic nitrogens is 3. The molecule has 0 aliphatic rings. The number of benzene rings is 1. The van der Waals surface area contributed by atoms with Gasteiger partial charge in [0.2, 0.25) is 0 Å². The third kappa shape index (κ3) is 2.72. The summed E-state index contributed by atoms with van der Waals surface area (Å²) < 4.78 is 2.99. The summed E-state index contributed by atoms with van der Waals surface area (Å²) in [4.78, 5) is 0. The summed E-state index contributed by atoms with van der Waals surface area (Å²) in [7, 11) is 0. The van der Waals surface area contributed by atoms with E-state index in [-0.39, 0.29) is 6.04 Å². The van der Waals surface area contributed by atoms with E-state index in [4.69, 9.17) is 0 Å². The number of nitrogens with one attached hydrogen (secondary N) is 1. The molecular formula is C14H19BrN4. The highest BCUT2D eigenvalue weighted by Crippen LogP contribution is 2.24. The molecule has 0 fully saturated rings. The monoisotopic (exact) mass is 322 g/mol. The number of halogens is 1. The molecular weight excluding hydrogens is 304 g/mol. The third-order valence-corrected chi connectivity index (χ3v) is 4.18. The van der Waals surface area contributed by atoms with Crippen molar-refractivity contribution in [2.75, 3.05) is 6.54 Å². The zero-order chi connectivity index (χ0) is 14.0. The predicted octanol–water partition coefficient (Wildman–Crippen LogP) is 3.32. The van der Waals surface area contributed by atoms with Crippen LogP contribution in [-0.4, -0.2) is 21.5 Å². The number of hydrogen-bond acceptors (Lipinski definition) is 3. The van der Waals surface area contributed by atoms with Crippen LogP contribution in [0.5, 0.6) is 0 Å². The molecule has 1 unspecified atom stereocenters. The lowest BCUT2D eigenvalue weighted by Gasteiger charge is -2.12. The van der Waals surface area contributed by atoms with E-state index in [2.05, 4.69) is 65.3 Å². The molecule has 0 saturated carbocycles. The highest BCUT2D eigenvalue weighted by Gasteiger charge is 2.16. The summed E-state index contributed by atoms with van der Waals surface area (Å²) in [5, 5.41) is 12.0. The molecule has 5 heteroatoms. The largest absolute Gasteiger partial charge is 0.309 e. The van der Waals surface area contributed by atoms with Crippen LogP contribution < -0.4 is 5.32 Å². The fraction of sp³-hybridized carbons (Fsp3) is 0.429. The lowest BCUT2D eigenvalue weighted by atomic mass is 10.1. The number of rotatable bonds is 4. The summed E-state index contributed by atoms with van der Waals surface area (Å²) in [6.07, 6.45) is 0. The number of hydrogen-bond donors (Lipinski definition) is 1. The van der Waals surface area contributed by atoms with Crippen LogP contribution in [0, 0.1) is 13.8 Å². The van der Waals surface area contributed by atoms with Crippen molar-refractivity contribution >= 4 is 15.9 Å². The van der Waals surface area contributed by atoms with Gasteiger partial charge in [-0.25, -0.2) is 4.68 Å². The van der Waals surface area contributed by atoms with E-state index in [1.807, 2.05) is 16.8 Å². The average Bonchev–Trinajstić information content (AvgIpc) is 2.75. The zero-order valence-corrected chi connectivity index (χ0v) is 13.3. The molecule has 1 heterocycles. The van der Waals surface area contributed by atoms with Crippen molar-refractivity contribution < 1.29 is 0 Å². The van der Waals surface area contributed by atoms with Gasteiger partial charge in [-0.2, -0.15) is 0 Å². The first-order valence-corrected chi connectivity index (χ1v) is 7.26. The van der Waals surface area contributed by atoms with Crippen LogP contribution in [0.4, 0.5) is 0 Å². The van der Waals surface area contributed by atoms with Gasteiger partial charge in [-0.3, -0.25) is 0 Å². The quantitative estimate of drug-likeness (QED) is 0.939. The summed E-state index contributed by atoms with van der Waals surface area (Å²) in [5.41, 5.74) is 4.31. The van der Waals surface area contributed by atoms with Gasteiger partial charge in [0.15, 0.2) is 0 Å². The average molecular weight is 323 g/mol. The van der Waals surface area contributed by atoms with Gasteiger partial charge in [0.25, 0.3) is 0 Å². The lowest BCUT2D eigenvalue weighted by Crippen LogP contribution is -2.19. The van der Waals surface area contributed by atoms with Crippen molar-refractivity contribution in [1.29, 1.82) is 0 Å². The Bertz CT molecular complexity index is 577. The van der Waals surface area contributed by atoms with Gasteiger partial charge in [-0.15, -0.1) is 5.10 Å². The van der Waals surface area contributed by atoms with Crippen LogP contribution >= 0.6 is 15.9 Å². The molecule has 0 bridgehead atoms. The number of nitrogens with zero attached hydrogens (tertiary/aromatic N) is 3. The molecule has 0 spiro atoms. The first kappa shape index (κ1) is 14.2. The smallest absolute Gasteiger partial charge is 0.103 e. The van der Waals surface area contributed by atoms with Crippen molar-refractivity contribution in [2.24, 2.45) is 0 Å². The summed E-state index contributed by atoms with van der Waals surface area (Å²) in [6, 6.07) is 6.32. The molecule has 19 heavy (non-hydrogen) atoms. The Labute approximate surface area is 122 Å². The second-order valence-corrected chi connectivity index (χ2v) is 5.49. The van der Waals surface area contributed by atoms with Gasteiger partial charge in [0.1, 0.15) is 5.69 Å². The van der Waals surface area contributed by atoms with Crippen LogP contribution in [0.2, 0.25) is 0 Å². The fourth-order valence-electron chi connectivity index (χ4n) is 2.20. The molecule has 0 amide bonds. The van der Waals surface area contributed by atoms with Gasteiger partial charge in [-0.05, 0) is 45.0 Å². The van der Waals surface area contributed by atoms with Crippen molar-refractivity contribution in [3.05, 3.63) is 39.6 Å². The molecule has 1 N–H and O–H groups in total. The first-order valence-electron chi connectivity index (χ1n) is 6.47. The van der Waals surface area contributed by atoms with Crippen molar-refractivity contribution in [3.8, 4) is 5.69 Å². The summed E-state index contributed by atoms with van der Waals surface area (Å²) in [5.74, 6) is 0. The van der Waals surface area contributed by atoms with E-state index in [1.165, 1.54) is 0 Å². The molecule has 1 aromatic carbocycles. The molecule has 0 saturated heterocycles. The summed E-state index contributed by atoms with van der Waals surface area (Å²) in [6.45, 7) is 9.26. The molecule has 0 radical (unpaired) electrons. The molecule has 1 atom stereocenters. The van der Waals surface area contributed by atoms with Crippen LogP contribution in [0.1, 0.15) is 36.8 Å². The van der Waals surface area contributed by atoms with E-state index in [1.54, 1.807) is 0 Å². The minimum Gasteiger partial charge on any atom is -0.309 e. The predicted molar refractivity (Wildman–Crippen MR) is 80.6 cm³/mol. The second kappa shape index (κ2) is 5.84. The Morgan fingerprint density at radius 2 is 2.11 bits per heavy atom. The molecule has 0 aliphatic carbocycles. The third-order valence-electron chi connectivity index (χ3n) is 3.32. The Morgan fingerprint density at radius 3 is 2.79 bits per heavy atom. The minimum absolute atomic E-state index is 0.214. The van der Waals surface area contributed by atoms with E-state index in [0.29, 0.717) is 0 Å². The zero-order valence-electron chi connectivity index (χ0n) is 11.7. The lowest BCUT2D eigenvalue weighted by molar-refractivity contribution is 0.579. The molecule has 2 rings (SSSR count). The van der Waals surface area contributed by atoms with E-state index >= 15 is 0 Å². The fourth-order valence-corrected chi connectivity index (χ4v) is 2.55. The maximum atomic E-state index is 4.32. The van der Waals surface area contributed by atoms with Crippen LogP contribution in [0.15, 0.2) is 22.7 Å². The Kier molecular flexibility index (Phi) is 4.37. The molecule has 0 aliphatic heterocycles. The SMILES string of the molecule is CCNC(C)c1nnn(-c2cccc(Br)c2C)c1C. The van der Waals surface area contributed by atoms with Gasteiger partial charge < -0.3 is 5.32 Å². The van der Waals surface area contributed by atoms with Crippen molar-refractivity contribution in [1.82, 2.24) is 20.3 Å². The van der Waals surface area contributed by atoms with Crippen LogP contribution in [-0.2, 0) is 0 Å². The molecule has 2 aromatic rings. The van der Waals surface area contributed by atoms with E-state index in [0.717, 1.165) is 33.7 Å². The van der Waals surface area contributed by atoms with Crippen molar-refractivity contribution in [3.63, 3.8) is 0 Å². The highest BCUT2D eigenvalue weighted by atomic mass is 79.9. The maximum Gasteiger partial charge on any atom is 0.103 e. The normalized spacial score (nSPS) is 12.7. The highest BCUT2D eigenvalue weighted by molar-refractivity contribution is 9.10. The maximum absolute atomic E-state index is 4.32. The first-order chi connectivity index (χ1) is 9.06. The van der Waals surface area contributed by atoms with Gasteiger partial charge in [-0.1, -0.05) is 34.1 Å². The van der Waals surface area contributed by atoms with E-state index < -0.39 is 0 Å². The Balaban J connectivity index is 2.44. The van der Waals surface area contributed by atoms with Gasteiger partial charge in [0.05, 0.1) is 17.4 Å². The topological polar surface area (TPSA) is 42.7 Å². The van der Waals surface area contributed by atoms with E-state index in [9.17, 15) is 0 Å². The van der Waals surface area contributed by atoms with Gasteiger partial charge >= 0.3 is 0 Å². The minimum atomic E-state index is 0.214. The van der Waals surface area contributed by atoms with Crippen molar-refractivity contribution in [2.45, 2.75) is 33.7 Å². The molecule has 102 valence electrons. The van der Waals surface area contributed by atoms with Crippen LogP contribution in [0.25, 0.3) is 5.69 Å². The second-order valence-electron chi connectivity index (χ2n) is 4.64. The molecule has 4 nitrogen and oxygen atoms in total. The standard InChI is InChI=1S/C14H19BrN4/c1-5-16-10(3)14-11(4)19(18-17-14)13-8-6-7-12(15)9(13)2/h6-8,10,16H,5H2,1-4H3.